The van der Waals surface area contributed by atoms with Gasteiger partial charge in [0, 0.05) is 25.1 Å². The summed E-state index contributed by atoms with van der Waals surface area (Å²) in [5.41, 5.74) is 2.91. The predicted octanol–water partition coefficient (Wildman–Crippen LogP) is 1.15. The molecule has 0 radical (unpaired) electrons. The van der Waals surface area contributed by atoms with E-state index in [2.05, 4.69) is 25.6 Å². The lowest BCUT2D eigenvalue weighted by Gasteiger charge is -2.07. The SMILES string of the molecule is CNC(=O)c1cc(NCc2cnc(C)cn2)ccn1. The smallest absolute Gasteiger partial charge is 0.269 e. The molecule has 0 aromatic carbocycles. The molecule has 0 unspecified atom stereocenters. The van der Waals surface area contributed by atoms with Crippen molar-refractivity contribution in [2.24, 2.45) is 0 Å². The lowest BCUT2D eigenvalue weighted by molar-refractivity contribution is 0.0958. The van der Waals surface area contributed by atoms with Crippen LogP contribution in [-0.2, 0) is 6.54 Å². The Bertz CT molecular complexity index is 568. The van der Waals surface area contributed by atoms with Crippen molar-refractivity contribution in [2.75, 3.05) is 12.4 Å². The molecule has 0 saturated carbocycles. The number of hydrogen-bond acceptors (Lipinski definition) is 5. The first-order chi connectivity index (χ1) is 9.19. The van der Waals surface area contributed by atoms with E-state index in [9.17, 15) is 4.79 Å². The molecule has 2 N–H and O–H groups in total. The normalized spacial score (nSPS) is 10.0. The Morgan fingerprint density at radius 1 is 1.26 bits per heavy atom. The van der Waals surface area contributed by atoms with E-state index in [1.807, 2.05) is 6.92 Å². The van der Waals surface area contributed by atoms with Crippen molar-refractivity contribution >= 4 is 11.6 Å². The third-order valence-corrected chi connectivity index (χ3v) is 2.53. The largest absolute Gasteiger partial charge is 0.379 e. The Morgan fingerprint density at radius 3 is 2.79 bits per heavy atom. The van der Waals surface area contributed by atoms with Crippen LogP contribution in [0.1, 0.15) is 21.9 Å². The van der Waals surface area contributed by atoms with Crippen LogP contribution in [0.25, 0.3) is 0 Å². The molecule has 0 atom stereocenters. The molecule has 2 heterocycles. The van der Waals surface area contributed by atoms with Gasteiger partial charge in [0.2, 0.25) is 0 Å². The van der Waals surface area contributed by atoms with Crippen molar-refractivity contribution in [3.05, 3.63) is 47.8 Å². The molecule has 0 aliphatic heterocycles. The second kappa shape index (κ2) is 5.90. The molecular formula is C13H15N5O. The highest BCUT2D eigenvalue weighted by atomic mass is 16.1. The highest BCUT2D eigenvalue weighted by molar-refractivity contribution is 5.92. The van der Waals surface area contributed by atoms with Gasteiger partial charge in [-0.05, 0) is 19.1 Å². The van der Waals surface area contributed by atoms with Crippen molar-refractivity contribution in [3.8, 4) is 0 Å². The van der Waals surface area contributed by atoms with Gasteiger partial charge in [0.05, 0.1) is 24.1 Å². The minimum Gasteiger partial charge on any atom is -0.379 e. The number of aryl methyl sites for hydroxylation is 1. The summed E-state index contributed by atoms with van der Waals surface area (Å²) in [6, 6.07) is 3.49. The zero-order chi connectivity index (χ0) is 13.7. The minimum absolute atomic E-state index is 0.209. The van der Waals surface area contributed by atoms with Crippen molar-refractivity contribution < 1.29 is 4.79 Å². The molecule has 6 nitrogen and oxygen atoms in total. The summed E-state index contributed by atoms with van der Waals surface area (Å²) in [5.74, 6) is -0.209. The number of amides is 1. The van der Waals surface area contributed by atoms with E-state index in [4.69, 9.17) is 0 Å². The fourth-order valence-electron chi connectivity index (χ4n) is 1.50. The first-order valence-corrected chi connectivity index (χ1v) is 5.88. The van der Waals surface area contributed by atoms with E-state index in [0.717, 1.165) is 17.1 Å². The van der Waals surface area contributed by atoms with E-state index in [0.29, 0.717) is 12.2 Å². The fraction of sp³-hybridized carbons (Fsp3) is 0.231. The van der Waals surface area contributed by atoms with Gasteiger partial charge >= 0.3 is 0 Å². The third kappa shape index (κ3) is 3.48. The standard InChI is InChI=1S/C13H15N5O/c1-9-6-17-11(7-16-9)8-18-10-3-4-15-12(5-10)13(19)14-2/h3-7H,8H2,1-2H3,(H,14,19)(H,15,18). The summed E-state index contributed by atoms with van der Waals surface area (Å²) in [4.78, 5) is 23.9. The van der Waals surface area contributed by atoms with Gasteiger partial charge in [0.1, 0.15) is 5.69 Å². The van der Waals surface area contributed by atoms with Crippen LogP contribution in [0.5, 0.6) is 0 Å². The number of carbonyl (C=O) groups excluding carboxylic acids is 1. The maximum atomic E-state index is 11.5. The van der Waals surface area contributed by atoms with Crippen molar-refractivity contribution in [2.45, 2.75) is 13.5 Å². The molecule has 0 saturated heterocycles. The van der Waals surface area contributed by atoms with Gasteiger partial charge in [-0.1, -0.05) is 0 Å². The van der Waals surface area contributed by atoms with Gasteiger partial charge in [-0.25, -0.2) is 0 Å². The number of pyridine rings is 1. The van der Waals surface area contributed by atoms with Gasteiger partial charge in [-0.3, -0.25) is 19.7 Å². The quantitative estimate of drug-likeness (QED) is 0.859. The minimum atomic E-state index is -0.209. The number of nitrogens with zero attached hydrogens (tertiary/aromatic N) is 3. The Balaban J connectivity index is 2.03. The Hall–Kier alpha value is -2.50. The lowest BCUT2D eigenvalue weighted by Crippen LogP contribution is -2.19. The Kier molecular flexibility index (Phi) is 4.02. The van der Waals surface area contributed by atoms with Crippen molar-refractivity contribution in [3.63, 3.8) is 0 Å². The van der Waals surface area contributed by atoms with E-state index >= 15 is 0 Å². The molecule has 0 aliphatic rings. The molecular weight excluding hydrogens is 242 g/mol. The second-order valence-corrected chi connectivity index (χ2v) is 4.01. The van der Waals surface area contributed by atoms with E-state index in [1.54, 1.807) is 37.8 Å². The number of nitrogens with one attached hydrogen (secondary N) is 2. The van der Waals surface area contributed by atoms with Crippen LogP contribution in [0, 0.1) is 6.92 Å². The molecule has 0 fully saturated rings. The topological polar surface area (TPSA) is 79.8 Å². The maximum Gasteiger partial charge on any atom is 0.269 e. The fourth-order valence-corrected chi connectivity index (χ4v) is 1.50. The van der Waals surface area contributed by atoms with Crippen LogP contribution in [0.15, 0.2) is 30.7 Å². The van der Waals surface area contributed by atoms with Crippen LogP contribution in [0.2, 0.25) is 0 Å². The molecule has 6 heteroatoms. The average molecular weight is 257 g/mol. The van der Waals surface area contributed by atoms with E-state index < -0.39 is 0 Å². The summed E-state index contributed by atoms with van der Waals surface area (Å²) in [6.07, 6.45) is 5.04. The highest BCUT2D eigenvalue weighted by Gasteiger charge is 2.05. The number of carbonyl (C=O) groups is 1. The highest BCUT2D eigenvalue weighted by Crippen LogP contribution is 2.09. The maximum absolute atomic E-state index is 11.5. The molecule has 0 spiro atoms. The number of aromatic nitrogens is 3. The van der Waals surface area contributed by atoms with Gasteiger partial charge in [-0.15, -0.1) is 0 Å². The molecule has 98 valence electrons. The number of rotatable bonds is 4. The Morgan fingerprint density at radius 2 is 2.11 bits per heavy atom. The molecule has 1 amide bonds. The van der Waals surface area contributed by atoms with Crippen LogP contribution in [0.3, 0.4) is 0 Å². The lowest BCUT2D eigenvalue weighted by atomic mass is 10.3. The van der Waals surface area contributed by atoms with E-state index in [1.165, 1.54) is 0 Å². The van der Waals surface area contributed by atoms with Crippen molar-refractivity contribution in [1.29, 1.82) is 0 Å². The van der Waals surface area contributed by atoms with Gasteiger partial charge < -0.3 is 10.6 Å². The van der Waals surface area contributed by atoms with Crippen LogP contribution < -0.4 is 10.6 Å². The van der Waals surface area contributed by atoms with Crippen LogP contribution in [0.4, 0.5) is 5.69 Å². The molecule has 2 aromatic rings. The van der Waals surface area contributed by atoms with E-state index in [-0.39, 0.29) is 5.91 Å². The molecule has 19 heavy (non-hydrogen) atoms. The van der Waals surface area contributed by atoms with Crippen LogP contribution in [-0.4, -0.2) is 27.9 Å². The molecule has 0 aliphatic carbocycles. The first kappa shape index (κ1) is 12.9. The van der Waals surface area contributed by atoms with Gasteiger partial charge in [-0.2, -0.15) is 0 Å². The first-order valence-electron chi connectivity index (χ1n) is 5.88. The molecule has 2 rings (SSSR count). The molecule has 2 aromatic heterocycles. The number of anilines is 1. The monoisotopic (exact) mass is 257 g/mol. The number of hydrogen-bond donors (Lipinski definition) is 2. The zero-order valence-corrected chi connectivity index (χ0v) is 10.8. The summed E-state index contributed by atoms with van der Waals surface area (Å²) in [7, 11) is 1.58. The van der Waals surface area contributed by atoms with Crippen molar-refractivity contribution in [1.82, 2.24) is 20.3 Å². The van der Waals surface area contributed by atoms with Gasteiger partial charge in [0.25, 0.3) is 5.91 Å². The average Bonchev–Trinajstić information content (AvgIpc) is 2.46. The zero-order valence-electron chi connectivity index (χ0n) is 10.8. The summed E-state index contributed by atoms with van der Waals surface area (Å²) in [6.45, 7) is 2.44. The van der Waals surface area contributed by atoms with Gasteiger partial charge in [0.15, 0.2) is 0 Å². The summed E-state index contributed by atoms with van der Waals surface area (Å²) in [5, 5.41) is 5.71. The van der Waals surface area contributed by atoms with Crippen LogP contribution >= 0.6 is 0 Å². The third-order valence-electron chi connectivity index (χ3n) is 2.53. The predicted molar refractivity (Wildman–Crippen MR) is 71.7 cm³/mol. The summed E-state index contributed by atoms with van der Waals surface area (Å²) >= 11 is 0. The summed E-state index contributed by atoms with van der Waals surface area (Å²) < 4.78 is 0. The second-order valence-electron chi connectivity index (χ2n) is 4.01. The molecule has 0 bridgehead atoms. The Labute approximate surface area is 111 Å².